The summed E-state index contributed by atoms with van der Waals surface area (Å²) in [4.78, 5) is 15.2. The Morgan fingerprint density at radius 3 is 2.77 bits per heavy atom. The summed E-state index contributed by atoms with van der Waals surface area (Å²) >= 11 is 9.73. The highest BCUT2D eigenvalue weighted by Gasteiger charge is 2.41. The van der Waals surface area contributed by atoms with Gasteiger partial charge >= 0.3 is 0 Å². The Kier molecular flexibility index (Phi) is 5.64. The van der Waals surface area contributed by atoms with E-state index in [-0.39, 0.29) is 0 Å². The molecule has 0 bridgehead atoms. The molecule has 8 heteroatoms. The summed E-state index contributed by atoms with van der Waals surface area (Å²) in [5.41, 5.74) is 1.30. The summed E-state index contributed by atoms with van der Waals surface area (Å²) in [5, 5.41) is 0.781. The van der Waals surface area contributed by atoms with Crippen LogP contribution in [0.5, 0.6) is 0 Å². The second kappa shape index (κ2) is 8.26. The molecule has 5 rings (SSSR count). The van der Waals surface area contributed by atoms with Crippen molar-refractivity contribution in [2.24, 2.45) is 5.41 Å². The number of imidazole rings is 1. The maximum Gasteiger partial charge on any atom is 0.211 e. The molecule has 1 aromatic carbocycles. The Morgan fingerprint density at radius 1 is 1.20 bits per heavy atom. The van der Waals surface area contributed by atoms with Crippen LogP contribution in [0.3, 0.4) is 0 Å². The van der Waals surface area contributed by atoms with Gasteiger partial charge in [-0.05, 0) is 50.0 Å². The van der Waals surface area contributed by atoms with Crippen molar-refractivity contribution >= 4 is 46.7 Å². The Labute approximate surface area is 190 Å². The SMILES string of the molecule is CSc1c(Cl)cccc1Sc1cnc(N2CCC3(CC2)CO[C@@H](C)C3)n2ccnc12. The smallest absolute Gasteiger partial charge is 0.211 e. The van der Waals surface area contributed by atoms with Crippen molar-refractivity contribution in [1.82, 2.24) is 14.4 Å². The average Bonchev–Trinajstić information content (AvgIpc) is 3.37. The molecule has 2 aromatic heterocycles. The van der Waals surface area contributed by atoms with Crippen LogP contribution in [0.15, 0.2) is 51.5 Å². The Hall–Kier alpha value is -1.41. The zero-order valence-corrected chi connectivity index (χ0v) is 19.6. The number of rotatable bonds is 4. The fourth-order valence-electron chi connectivity index (χ4n) is 4.65. The van der Waals surface area contributed by atoms with E-state index in [4.69, 9.17) is 21.3 Å². The minimum Gasteiger partial charge on any atom is -0.378 e. The van der Waals surface area contributed by atoms with Crippen molar-refractivity contribution in [3.63, 3.8) is 0 Å². The van der Waals surface area contributed by atoms with E-state index in [9.17, 15) is 0 Å². The van der Waals surface area contributed by atoms with Gasteiger partial charge in [0.1, 0.15) is 0 Å². The molecule has 2 aliphatic heterocycles. The number of benzene rings is 1. The van der Waals surface area contributed by atoms with Gasteiger partial charge in [0.2, 0.25) is 5.95 Å². The topological polar surface area (TPSA) is 42.7 Å². The number of anilines is 1. The minimum absolute atomic E-state index is 0.362. The normalized spacial score (nSPS) is 21.0. The number of aromatic nitrogens is 3. The van der Waals surface area contributed by atoms with Gasteiger partial charge in [0, 0.05) is 41.5 Å². The summed E-state index contributed by atoms with van der Waals surface area (Å²) in [6, 6.07) is 6.03. The molecule has 2 saturated heterocycles. The molecule has 0 unspecified atom stereocenters. The second-order valence-electron chi connectivity index (χ2n) is 8.23. The van der Waals surface area contributed by atoms with Crippen molar-refractivity contribution in [3.8, 4) is 0 Å². The molecule has 1 spiro atoms. The van der Waals surface area contributed by atoms with Crippen LogP contribution in [-0.4, -0.2) is 46.4 Å². The van der Waals surface area contributed by atoms with Crippen LogP contribution < -0.4 is 4.90 Å². The summed E-state index contributed by atoms with van der Waals surface area (Å²) in [5.74, 6) is 0.977. The second-order valence-corrected chi connectivity index (χ2v) is 10.5. The molecule has 5 nitrogen and oxygen atoms in total. The third kappa shape index (κ3) is 3.70. The molecule has 30 heavy (non-hydrogen) atoms. The lowest BCUT2D eigenvalue weighted by molar-refractivity contribution is 0.0975. The number of halogens is 1. The molecule has 4 heterocycles. The maximum atomic E-state index is 6.39. The van der Waals surface area contributed by atoms with Gasteiger partial charge in [-0.3, -0.25) is 4.40 Å². The number of hydrogen-bond acceptors (Lipinski definition) is 6. The largest absolute Gasteiger partial charge is 0.378 e. The van der Waals surface area contributed by atoms with E-state index in [1.54, 1.807) is 23.5 Å². The Balaban J connectivity index is 1.41. The predicted octanol–water partition coefficient (Wildman–Crippen LogP) is 5.65. The number of hydrogen-bond donors (Lipinski definition) is 0. The molecule has 0 aliphatic carbocycles. The van der Waals surface area contributed by atoms with Gasteiger partial charge in [0.15, 0.2) is 5.65 Å². The summed E-state index contributed by atoms with van der Waals surface area (Å²) in [6.07, 6.45) is 11.8. The third-order valence-electron chi connectivity index (χ3n) is 6.23. The molecule has 2 aliphatic rings. The summed E-state index contributed by atoms with van der Waals surface area (Å²) < 4.78 is 8.00. The first-order valence-electron chi connectivity index (χ1n) is 10.3. The molecule has 0 N–H and O–H groups in total. The van der Waals surface area contributed by atoms with Crippen LogP contribution >= 0.6 is 35.1 Å². The number of fused-ring (bicyclic) bond motifs is 1. The van der Waals surface area contributed by atoms with Gasteiger partial charge in [0.05, 0.1) is 22.6 Å². The third-order valence-corrected chi connectivity index (χ3v) is 8.70. The fraction of sp³-hybridized carbons (Fsp3) is 0.455. The lowest BCUT2D eigenvalue weighted by Crippen LogP contribution is -2.41. The maximum absolute atomic E-state index is 6.39. The van der Waals surface area contributed by atoms with Gasteiger partial charge < -0.3 is 9.64 Å². The first-order valence-corrected chi connectivity index (χ1v) is 12.7. The predicted molar refractivity (Wildman–Crippen MR) is 124 cm³/mol. The van der Waals surface area contributed by atoms with Crippen LogP contribution in [0, 0.1) is 5.41 Å². The first-order chi connectivity index (χ1) is 14.6. The highest BCUT2D eigenvalue weighted by Crippen LogP contribution is 2.43. The van der Waals surface area contributed by atoms with Crippen molar-refractivity contribution in [3.05, 3.63) is 41.8 Å². The highest BCUT2D eigenvalue weighted by atomic mass is 35.5. The van der Waals surface area contributed by atoms with Crippen LogP contribution in [0.25, 0.3) is 5.65 Å². The average molecular weight is 461 g/mol. The lowest BCUT2D eigenvalue weighted by atomic mass is 9.77. The van der Waals surface area contributed by atoms with Gasteiger partial charge in [-0.15, -0.1) is 11.8 Å². The molecule has 2 fully saturated rings. The van der Waals surface area contributed by atoms with Gasteiger partial charge in [-0.1, -0.05) is 29.4 Å². The van der Waals surface area contributed by atoms with E-state index in [2.05, 4.69) is 33.5 Å². The van der Waals surface area contributed by atoms with E-state index < -0.39 is 0 Å². The zero-order valence-electron chi connectivity index (χ0n) is 17.2. The van der Waals surface area contributed by atoms with Crippen LogP contribution in [0.4, 0.5) is 5.95 Å². The van der Waals surface area contributed by atoms with Gasteiger partial charge in [-0.2, -0.15) is 0 Å². The molecule has 158 valence electrons. The Morgan fingerprint density at radius 2 is 2.03 bits per heavy atom. The number of thioether (sulfide) groups is 1. The molecule has 3 aromatic rings. The van der Waals surface area contributed by atoms with E-state index >= 15 is 0 Å². The first kappa shape index (κ1) is 20.5. The number of ether oxygens (including phenoxy) is 1. The monoisotopic (exact) mass is 460 g/mol. The van der Waals surface area contributed by atoms with Crippen molar-refractivity contribution in [1.29, 1.82) is 0 Å². The van der Waals surface area contributed by atoms with Crippen LogP contribution in [0.1, 0.15) is 26.2 Å². The molecular weight excluding hydrogens is 436 g/mol. The van der Waals surface area contributed by atoms with E-state index in [1.165, 1.54) is 6.42 Å². The van der Waals surface area contributed by atoms with E-state index in [0.29, 0.717) is 11.5 Å². The molecule has 0 saturated carbocycles. The van der Waals surface area contributed by atoms with Crippen LogP contribution in [-0.2, 0) is 4.74 Å². The van der Waals surface area contributed by atoms with Gasteiger partial charge in [-0.25, -0.2) is 9.97 Å². The quantitative estimate of drug-likeness (QED) is 0.468. The van der Waals surface area contributed by atoms with Crippen LogP contribution in [0.2, 0.25) is 5.02 Å². The number of nitrogens with zero attached hydrogens (tertiary/aromatic N) is 4. The van der Waals surface area contributed by atoms with Crippen molar-refractivity contribution < 1.29 is 4.74 Å². The molecular formula is C22H25ClN4OS2. The zero-order chi connectivity index (χ0) is 20.7. The molecule has 1 atom stereocenters. The lowest BCUT2D eigenvalue weighted by Gasteiger charge is -2.39. The van der Waals surface area contributed by atoms with Crippen molar-refractivity contribution in [2.45, 2.75) is 47.0 Å². The fourth-order valence-corrected chi connectivity index (χ4v) is 6.95. The Bertz CT molecular complexity index is 1060. The van der Waals surface area contributed by atoms with E-state index in [0.717, 1.165) is 63.8 Å². The summed E-state index contributed by atoms with van der Waals surface area (Å²) in [7, 11) is 0. The van der Waals surface area contributed by atoms with E-state index in [1.807, 2.05) is 30.7 Å². The van der Waals surface area contributed by atoms with Gasteiger partial charge in [0.25, 0.3) is 0 Å². The minimum atomic E-state index is 0.362. The van der Waals surface area contributed by atoms with Crippen molar-refractivity contribution in [2.75, 3.05) is 30.9 Å². The summed E-state index contributed by atoms with van der Waals surface area (Å²) in [6.45, 7) is 5.11. The molecule has 0 radical (unpaired) electrons. The number of piperidine rings is 1. The highest BCUT2D eigenvalue weighted by molar-refractivity contribution is 8.02. The molecule has 0 amide bonds. The standard InChI is InChI=1S/C22H25ClN4OS2/c1-15-12-22(14-28-15)6-9-26(10-7-22)21-25-13-18(20-24-8-11-27(20)21)30-17-5-3-4-16(23)19(17)29-2/h3-5,8,11,13,15H,6-7,9-10,12,14H2,1-2H3/t15-/m0/s1.